The summed E-state index contributed by atoms with van der Waals surface area (Å²) in [6.45, 7) is 3.32. The average molecular weight is 334 g/mol. The van der Waals surface area contributed by atoms with Crippen molar-refractivity contribution < 1.29 is 14.0 Å². The SMILES string of the molecule is O=[N+]([O-])c1ccc(COP(=O)(N2CC2)N2CC2)c2ccncc12. The molecule has 0 N–H and O–H groups in total. The van der Waals surface area contributed by atoms with Crippen molar-refractivity contribution in [2.24, 2.45) is 0 Å². The van der Waals surface area contributed by atoms with Gasteiger partial charge in [-0.3, -0.25) is 19.7 Å². The van der Waals surface area contributed by atoms with Crippen molar-refractivity contribution in [3.05, 3.63) is 46.3 Å². The number of nitro benzene ring substituents is 1. The van der Waals surface area contributed by atoms with Gasteiger partial charge in [-0.05, 0) is 23.1 Å². The van der Waals surface area contributed by atoms with Crippen LogP contribution in [0.1, 0.15) is 5.56 Å². The molecule has 2 aliphatic rings. The van der Waals surface area contributed by atoms with Crippen molar-refractivity contribution in [3.63, 3.8) is 0 Å². The maximum atomic E-state index is 12.9. The Hall–Kier alpha value is -1.86. The molecule has 2 fully saturated rings. The minimum atomic E-state index is -2.90. The lowest BCUT2D eigenvalue weighted by molar-refractivity contribution is -0.383. The molecule has 23 heavy (non-hydrogen) atoms. The van der Waals surface area contributed by atoms with E-state index in [0.717, 1.165) is 31.7 Å². The standard InChI is InChI=1S/C14H15N4O4P/c19-18(20)14-2-1-11(12-3-4-15-9-13(12)14)10-22-23(21,16-5-6-16)17-7-8-17/h1-4,9H,5-8,10H2. The molecular weight excluding hydrogens is 319 g/mol. The highest BCUT2D eigenvalue weighted by atomic mass is 31.2. The molecule has 9 heteroatoms. The van der Waals surface area contributed by atoms with Crippen LogP contribution in [0.25, 0.3) is 10.8 Å². The molecular formula is C14H15N4O4P. The fraction of sp³-hybridized carbons (Fsp3) is 0.357. The van der Waals surface area contributed by atoms with Gasteiger partial charge in [-0.15, -0.1) is 0 Å². The lowest BCUT2D eigenvalue weighted by atomic mass is 10.1. The third kappa shape index (κ3) is 2.64. The Labute approximate surface area is 132 Å². The van der Waals surface area contributed by atoms with Gasteiger partial charge in [0.15, 0.2) is 0 Å². The van der Waals surface area contributed by atoms with E-state index < -0.39 is 12.6 Å². The molecule has 2 aromatic rings. The summed E-state index contributed by atoms with van der Waals surface area (Å²) >= 11 is 0. The Morgan fingerprint density at radius 3 is 2.48 bits per heavy atom. The van der Waals surface area contributed by atoms with Gasteiger partial charge in [0.25, 0.3) is 5.69 Å². The number of pyridine rings is 1. The number of rotatable bonds is 6. The second-order valence-electron chi connectivity index (χ2n) is 5.59. The number of fused-ring (bicyclic) bond motifs is 1. The van der Waals surface area contributed by atoms with Crippen LogP contribution in [0.4, 0.5) is 5.69 Å². The summed E-state index contributed by atoms with van der Waals surface area (Å²) in [5.74, 6) is 0. The molecule has 0 atom stereocenters. The summed E-state index contributed by atoms with van der Waals surface area (Å²) in [4.78, 5) is 14.7. The van der Waals surface area contributed by atoms with Gasteiger partial charge >= 0.3 is 7.67 Å². The van der Waals surface area contributed by atoms with E-state index in [-0.39, 0.29) is 12.3 Å². The first-order valence-electron chi connectivity index (χ1n) is 7.35. The molecule has 2 saturated heterocycles. The number of hydrogen-bond acceptors (Lipinski definition) is 5. The Balaban J connectivity index is 1.66. The van der Waals surface area contributed by atoms with Crippen LogP contribution < -0.4 is 0 Å². The van der Waals surface area contributed by atoms with E-state index in [2.05, 4.69) is 4.98 Å². The van der Waals surface area contributed by atoms with E-state index in [1.165, 1.54) is 12.3 Å². The van der Waals surface area contributed by atoms with Gasteiger partial charge in [-0.1, -0.05) is 0 Å². The predicted octanol–water partition coefficient (Wildman–Crippen LogP) is 2.40. The molecule has 0 bridgehead atoms. The molecule has 0 aliphatic carbocycles. The number of benzene rings is 1. The number of hydrogen-bond donors (Lipinski definition) is 0. The van der Waals surface area contributed by atoms with Gasteiger partial charge in [0.1, 0.15) is 0 Å². The molecule has 1 aromatic heterocycles. The first-order chi connectivity index (χ1) is 11.1. The zero-order chi connectivity index (χ0) is 16.0. The topological polar surface area (TPSA) is 88.4 Å². The van der Waals surface area contributed by atoms with Crippen molar-refractivity contribution in [1.82, 2.24) is 14.3 Å². The lowest BCUT2D eigenvalue weighted by Crippen LogP contribution is -2.08. The second-order valence-corrected chi connectivity index (χ2v) is 7.96. The summed E-state index contributed by atoms with van der Waals surface area (Å²) in [5.41, 5.74) is 0.786. The minimum Gasteiger partial charge on any atom is -0.301 e. The van der Waals surface area contributed by atoms with Crippen molar-refractivity contribution >= 4 is 24.1 Å². The van der Waals surface area contributed by atoms with Gasteiger partial charge in [0.2, 0.25) is 0 Å². The third-order valence-electron chi connectivity index (χ3n) is 4.03. The maximum Gasteiger partial charge on any atom is 0.346 e. The zero-order valence-electron chi connectivity index (χ0n) is 12.3. The van der Waals surface area contributed by atoms with E-state index in [9.17, 15) is 14.7 Å². The van der Waals surface area contributed by atoms with Crippen LogP contribution in [0.5, 0.6) is 0 Å². The number of non-ortho nitro benzene ring substituents is 1. The first-order valence-corrected chi connectivity index (χ1v) is 8.88. The summed E-state index contributed by atoms with van der Waals surface area (Å²) in [6, 6.07) is 4.83. The van der Waals surface area contributed by atoms with Crippen LogP contribution in [-0.2, 0) is 15.7 Å². The fourth-order valence-electron chi connectivity index (χ4n) is 2.61. The van der Waals surface area contributed by atoms with Crippen molar-refractivity contribution in [2.45, 2.75) is 6.61 Å². The zero-order valence-corrected chi connectivity index (χ0v) is 13.2. The van der Waals surface area contributed by atoms with Gasteiger partial charge in [0, 0.05) is 44.6 Å². The van der Waals surface area contributed by atoms with E-state index in [1.807, 2.05) is 9.34 Å². The summed E-state index contributed by atoms with van der Waals surface area (Å²) < 4.78 is 22.4. The summed E-state index contributed by atoms with van der Waals surface area (Å²) in [5, 5.41) is 12.3. The Kier molecular flexibility index (Phi) is 3.42. The van der Waals surface area contributed by atoms with Crippen LogP contribution in [0.2, 0.25) is 0 Å². The van der Waals surface area contributed by atoms with Crippen molar-refractivity contribution in [1.29, 1.82) is 0 Å². The van der Waals surface area contributed by atoms with E-state index in [0.29, 0.717) is 10.8 Å². The first kappa shape index (κ1) is 14.7. The highest BCUT2D eigenvalue weighted by Crippen LogP contribution is 2.61. The average Bonchev–Trinajstić information content (AvgIpc) is 3.42. The quantitative estimate of drug-likeness (QED) is 0.347. The van der Waals surface area contributed by atoms with Gasteiger partial charge < -0.3 is 4.52 Å². The molecule has 0 radical (unpaired) electrons. The van der Waals surface area contributed by atoms with Crippen LogP contribution in [-0.4, -0.2) is 45.4 Å². The predicted molar refractivity (Wildman–Crippen MR) is 83.9 cm³/mol. The summed E-state index contributed by atoms with van der Waals surface area (Å²) in [7, 11) is -2.90. The molecule has 2 aliphatic heterocycles. The molecule has 0 spiro atoms. The highest BCUT2D eigenvalue weighted by molar-refractivity contribution is 7.54. The molecule has 1 aromatic carbocycles. The molecule has 4 rings (SSSR count). The van der Waals surface area contributed by atoms with Crippen molar-refractivity contribution in [3.8, 4) is 0 Å². The maximum absolute atomic E-state index is 12.9. The molecule has 0 amide bonds. The minimum absolute atomic E-state index is 0.0110. The number of nitrogens with zero attached hydrogens (tertiary/aromatic N) is 4. The molecule has 0 unspecified atom stereocenters. The largest absolute Gasteiger partial charge is 0.346 e. The fourth-order valence-corrected chi connectivity index (χ4v) is 4.79. The van der Waals surface area contributed by atoms with Gasteiger partial charge in [-0.2, -0.15) is 0 Å². The lowest BCUT2D eigenvalue weighted by Gasteiger charge is -2.20. The van der Waals surface area contributed by atoms with E-state index in [1.54, 1.807) is 18.3 Å². The molecule has 0 saturated carbocycles. The summed E-state index contributed by atoms with van der Waals surface area (Å²) in [6.07, 6.45) is 3.06. The van der Waals surface area contributed by atoms with Crippen LogP contribution in [0, 0.1) is 10.1 Å². The normalized spacial score (nSPS) is 18.3. The van der Waals surface area contributed by atoms with E-state index in [4.69, 9.17) is 4.52 Å². The molecule has 8 nitrogen and oxygen atoms in total. The Bertz CT molecular complexity index is 819. The second kappa shape index (κ2) is 5.35. The molecule has 120 valence electrons. The van der Waals surface area contributed by atoms with E-state index >= 15 is 0 Å². The van der Waals surface area contributed by atoms with Crippen LogP contribution in [0.3, 0.4) is 0 Å². The van der Waals surface area contributed by atoms with Crippen LogP contribution >= 0.6 is 7.67 Å². The van der Waals surface area contributed by atoms with Crippen LogP contribution in [0.15, 0.2) is 30.6 Å². The monoisotopic (exact) mass is 334 g/mol. The van der Waals surface area contributed by atoms with Gasteiger partial charge in [0.05, 0.1) is 16.9 Å². The van der Waals surface area contributed by atoms with Gasteiger partial charge in [-0.25, -0.2) is 9.34 Å². The number of aromatic nitrogens is 1. The highest BCUT2D eigenvalue weighted by Gasteiger charge is 2.49. The van der Waals surface area contributed by atoms with Crippen molar-refractivity contribution in [2.75, 3.05) is 26.2 Å². The molecule has 3 heterocycles. The smallest absolute Gasteiger partial charge is 0.301 e. The number of nitro groups is 1. The Morgan fingerprint density at radius 1 is 1.17 bits per heavy atom. The third-order valence-corrected chi connectivity index (χ3v) is 6.73. The Morgan fingerprint density at radius 2 is 1.87 bits per heavy atom.